The van der Waals surface area contributed by atoms with Crippen LogP contribution in [-0.4, -0.2) is 47.3 Å². The van der Waals surface area contributed by atoms with Crippen LogP contribution in [0.15, 0.2) is 0 Å². The number of hydrogen-bond donors (Lipinski definition) is 2. The zero-order chi connectivity index (χ0) is 26.6. The van der Waals surface area contributed by atoms with E-state index in [1.165, 1.54) is 0 Å². The van der Waals surface area contributed by atoms with Gasteiger partial charge in [0, 0.05) is 25.7 Å². The van der Waals surface area contributed by atoms with Crippen LogP contribution in [0, 0.1) is 56.2 Å². The van der Waals surface area contributed by atoms with Gasteiger partial charge in [-0.1, -0.05) is 29.7 Å². The molecule has 0 aliphatic carbocycles. The highest BCUT2D eigenvalue weighted by Crippen LogP contribution is 2.33. The molecular formula is C26H44N4O8. The van der Waals surface area contributed by atoms with Crippen molar-refractivity contribution in [1.29, 1.82) is 21.0 Å². The van der Waals surface area contributed by atoms with E-state index in [-0.39, 0.29) is 94.3 Å². The van der Waals surface area contributed by atoms with Gasteiger partial charge in [0.05, 0.1) is 37.5 Å². The van der Waals surface area contributed by atoms with Crippen molar-refractivity contribution in [3.8, 4) is 24.3 Å². The summed E-state index contributed by atoms with van der Waals surface area (Å²) in [5, 5.41) is 51.6. The van der Waals surface area contributed by atoms with Gasteiger partial charge in [-0.05, 0) is 39.5 Å². The maximum Gasteiger partial charge on any atom is 0.323 e. The maximum atomic E-state index is 12.1. The standard InChI is InChI=1S/C13H18N2O4.C9H10N2O4.4CH4/c1-3-18-11(16)13(7-5-9-14,8-6-10-15)12(17)19-4-2;10-5-1-3-9(7(12)13,8(14)15)4-2-6-11;;;;/h3-8H2,1-2H3;1-4H2,(H,12,13)(H,14,15);4*1H4. The first-order valence-corrected chi connectivity index (χ1v) is 10.4. The van der Waals surface area contributed by atoms with E-state index in [4.69, 9.17) is 40.7 Å². The average molecular weight is 541 g/mol. The highest BCUT2D eigenvalue weighted by molar-refractivity contribution is 6.00. The van der Waals surface area contributed by atoms with E-state index in [0.29, 0.717) is 0 Å². The molecule has 12 heteroatoms. The lowest BCUT2D eigenvalue weighted by molar-refractivity contribution is -0.173. The van der Waals surface area contributed by atoms with Crippen LogP contribution in [-0.2, 0) is 28.7 Å². The SMILES string of the molecule is C.C.C.C.CCOC(=O)C(CCC#N)(CCC#N)C(=O)OCC.N#CCCC(CCC#N)(C(=O)O)C(=O)O. The Bertz CT molecular complexity index is 804. The second-order valence-corrected chi connectivity index (χ2v) is 6.85. The third-order valence-electron chi connectivity index (χ3n) is 4.81. The normalized spacial score (nSPS) is 9.00. The van der Waals surface area contributed by atoms with Gasteiger partial charge in [0.1, 0.15) is 0 Å². The van der Waals surface area contributed by atoms with Crippen LogP contribution in [0.2, 0.25) is 0 Å². The van der Waals surface area contributed by atoms with Crippen LogP contribution in [0.4, 0.5) is 0 Å². The number of carbonyl (C=O) groups excluding carboxylic acids is 2. The van der Waals surface area contributed by atoms with Crippen LogP contribution in [0.25, 0.3) is 0 Å². The minimum atomic E-state index is -2.01. The number of ether oxygens (including phenoxy) is 2. The van der Waals surface area contributed by atoms with E-state index >= 15 is 0 Å². The molecule has 12 nitrogen and oxygen atoms in total. The molecule has 0 unspecified atom stereocenters. The maximum absolute atomic E-state index is 12.1. The molecule has 0 bridgehead atoms. The van der Waals surface area contributed by atoms with Crippen LogP contribution >= 0.6 is 0 Å². The summed E-state index contributed by atoms with van der Waals surface area (Å²) in [6.07, 6.45) is -0.850. The molecule has 0 aliphatic rings. The van der Waals surface area contributed by atoms with Gasteiger partial charge in [-0.15, -0.1) is 0 Å². The van der Waals surface area contributed by atoms with Gasteiger partial charge in [-0.3, -0.25) is 19.2 Å². The summed E-state index contributed by atoms with van der Waals surface area (Å²) in [5.41, 5.74) is -3.55. The van der Waals surface area contributed by atoms with Crippen molar-refractivity contribution in [1.82, 2.24) is 0 Å². The van der Waals surface area contributed by atoms with Crippen molar-refractivity contribution in [2.45, 2.75) is 94.9 Å². The average Bonchev–Trinajstić information content (AvgIpc) is 2.80. The van der Waals surface area contributed by atoms with Crippen molar-refractivity contribution >= 4 is 23.9 Å². The number of rotatable bonds is 14. The first kappa shape index (κ1) is 47.1. The summed E-state index contributed by atoms with van der Waals surface area (Å²) in [7, 11) is 0. The van der Waals surface area contributed by atoms with Gasteiger partial charge in [0.25, 0.3) is 0 Å². The monoisotopic (exact) mass is 540 g/mol. The van der Waals surface area contributed by atoms with Crippen molar-refractivity contribution < 1.29 is 38.9 Å². The summed E-state index contributed by atoms with van der Waals surface area (Å²) >= 11 is 0. The van der Waals surface area contributed by atoms with E-state index < -0.39 is 34.7 Å². The zero-order valence-corrected chi connectivity index (χ0v) is 19.2. The molecule has 2 N–H and O–H groups in total. The second-order valence-electron chi connectivity index (χ2n) is 6.85. The molecule has 0 saturated carbocycles. The fourth-order valence-electron chi connectivity index (χ4n) is 2.88. The van der Waals surface area contributed by atoms with Crippen LogP contribution in [0.5, 0.6) is 0 Å². The number of hydrogen-bond acceptors (Lipinski definition) is 10. The highest BCUT2D eigenvalue weighted by atomic mass is 16.6. The first-order chi connectivity index (χ1) is 16.1. The fraction of sp³-hybridized carbons (Fsp3) is 0.692. The molecule has 0 radical (unpaired) electrons. The number of aliphatic carboxylic acids is 2. The molecule has 0 heterocycles. The highest BCUT2D eigenvalue weighted by Gasteiger charge is 2.48. The Morgan fingerprint density at radius 1 is 0.579 bits per heavy atom. The molecule has 0 aromatic carbocycles. The van der Waals surface area contributed by atoms with Crippen molar-refractivity contribution in [3.05, 3.63) is 0 Å². The molecule has 0 saturated heterocycles. The van der Waals surface area contributed by atoms with E-state index in [1.54, 1.807) is 26.0 Å². The summed E-state index contributed by atoms with van der Waals surface area (Å²) in [4.78, 5) is 45.9. The Morgan fingerprint density at radius 3 is 1.00 bits per heavy atom. The molecular weight excluding hydrogens is 496 g/mol. The van der Waals surface area contributed by atoms with Gasteiger partial charge in [0.15, 0.2) is 10.8 Å². The Balaban J connectivity index is -0.000000124. The topological polar surface area (TPSA) is 222 Å². The second kappa shape index (κ2) is 25.9. The summed E-state index contributed by atoms with van der Waals surface area (Å²) < 4.78 is 9.82. The van der Waals surface area contributed by atoms with Crippen LogP contribution in [0.3, 0.4) is 0 Å². The van der Waals surface area contributed by atoms with Crippen LogP contribution in [0.1, 0.15) is 94.9 Å². The molecule has 0 aromatic heterocycles. The minimum absolute atomic E-state index is 0. The predicted octanol–water partition coefficient (Wildman–Crippen LogP) is 5.00. The number of nitriles is 4. The number of esters is 2. The van der Waals surface area contributed by atoms with E-state index in [1.807, 2.05) is 12.1 Å². The van der Waals surface area contributed by atoms with Crippen molar-refractivity contribution in [2.24, 2.45) is 10.8 Å². The minimum Gasteiger partial charge on any atom is -0.480 e. The van der Waals surface area contributed by atoms with E-state index in [9.17, 15) is 19.2 Å². The Morgan fingerprint density at radius 2 is 0.816 bits per heavy atom. The smallest absolute Gasteiger partial charge is 0.323 e. The molecule has 216 valence electrons. The van der Waals surface area contributed by atoms with Gasteiger partial charge < -0.3 is 19.7 Å². The molecule has 0 spiro atoms. The third kappa shape index (κ3) is 14.4. The van der Waals surface area contributed by atoms with Gasteiger partial charge >= 0.3 is 23.9 Å². The number of carbonyl (C=O) groups is 4. The first-order valence-electron chi connectivity index (χ1n) is 10.4. The van der Waals surface area contributed by atoms with Gasteiger partial charge in [-0.25, -0.2) is 0 Å². The van der Waals surface area contributed by atoms with E-state index in [2.05, 4.69) is 0 Å². The third-order valence-corrected chi connectivity index (χ3v) is 4.81. The quantitative estimate of drug-likeness (QED) is 0.219. The lowest BCUT2D eigenvalue weighted by Crippen LogP contribution is -2.42. The Labute approximate surface area is 227 Å². The molecule has 0 rings (SSSR count). The lowest BCUT2D eigenvalue weighted by atomic mass is 9.79. The lowest BCUT2D eigenvalue weighted by Gasteiger charge is -2.27. The van der Waals surface area contributed by atoms with Crippen molar-refractivity contribution in [2.75, 3.05) is 13.2 Å². The van der Waals surface area contributed by atoms with E-state index in [0.717, 1.165) is 0 Å². The Hall–Kier alpha value is -4.16. The zero-order valence-electron chi connectivity index (χ0n) is 19.2. The molecule has 0 aromatic rings. The molecule has 38 heavy (non-hydrogen) atoms. The van der Waals surface area contributed by atoms with Gasteiger partial charge in [0.2, 0.25) is 0 Å². The number of carboxylic acid groups (broad SMARTS) is 2. The molecule has 0 amide bonds. The number of nitrogens with zero attached hydrogens (tertiary/aromatic N) is 4. The van der Waals surface area contributed by atoms with Gasteiger partial charge in [-0.2, -0.15) is 21.0 Å². The molecule has 0 aliphatic heterocycles. The number of carboxylic acids is 2. The fourth-order valence-corrected chi connectivity index (χ4v) is 2.88. The van der Waals surface area contributed by atoms with Crippen molar-refractivity contribution in [3.63, 3.8) is 0 Å². The largest absolute Gasteiger partial charge is 0.480 e. The van der Waals surface area contributed by atoms with Crippen LogP contribution < -0.4 is 0 Å². The Kier molecular flexibility index (Phi) is 32.1. The molecule has 0 fully saturated rings. The predicted molar refractivity (Wildman–Crippen MR) is 140 cm³/mol. The summed E-state index contributed by atoms with van der Waals surface area (Å²) in [6.45, 7) is 3.50. The molecule has 0 atom stereocenters. The summed E-state index contributed by atoms with van der Waals surface area (Å²) in [5.74, 6) is -4.45. The summed E-state index contributed by atoms with van der Waals surface area (Å²) in [6, 6.07) is 7.19.